The third-order valence-corrected chi connectivity index (χ3v) is 6.69. The molecule has 1 N–H and O–H groups in total. The average molecular weight is 365 g/mol. The van der Waals surface area contributed by atoms with Crippen molar-refractivity contribution in [2.45, 2.75) is 45.1 Å². The molecule has 3 aliphatic rings. The molecule has 27 heavy (non-hydrogen) atoms. The molecule has 1 saturated carbocycles. The number of aromatic nitrogens is 3. The summed E-state index contributed by atoms with van der Waals surface area (Å²) in [5, 5.41) is 7.20. The van der Waals surface area contributed by atoms with Crippen LogP contribution in [0, 0.1) is 11.8 Å². The molecule has 1 aliphatic carbocycles. The molecule has 2 aliphatic heterocycles. The lowest BCUT2D eigenvalue weighted by Gasteiger charge is -2.43. The number of H-pyrrole nitrogens is 1. The van der Waals surface area contributed by atoms with Crippen LogP contribution in [0.1, 0.15) is 39.2 Å². The van der Waals surface area contributed by atoms with Crippen molar-refractivity contribution in [3.8, 4) is 11.4 Å². The van der Waals surface area contributed by atoms with E-state index in [2.05, 4.69) is 46.9 Å². The van der Waals surface area contributed by atoms with Crippen LogP contribution in [-0.4, -0.2) is 51.7 Å². The van der Waals surface area contributed by atoms with Gasteiger partial charge in [0.2, 0.25) is 0 Å². The van der Waals surface area contributed by atoms with Crippen LogP contribution in [0.25, 0.3) is 11.4 Å². The van der Waals surface area contributed by atoms with Gasteiger partial charge >= 0.3 is 0 Å². The number of pyridine rings is 1. The van der Waals surface area contributed by atoms with E-state index in [0.29, 0.717) is 12.0 Å². The third kappa shape index (κ3) is 2.69. The minimum absolute atomic E-state index is 0.0988. The molecule has 0 radical (unpaired) electrons. The first-order valence-corrected chi connectivity index (χ1v) is 9.99. The summed E-state index contributed by atoms with van der Waals surface area (Å²) in [7, 11) is 0. The van der Waals surface area contributed by atoms with Gasteiger partial charge in [0.05, 0.1) is 30.6 Å². The maximum Gasteiger partial charge on any atom is 0.114 e. The summed E-state index contributed by atoms with van der Waals surface area (Å²) in [6, 6.07) is 4.51. The zero-order chi connectivity index (χ0) is 18.6. The molecule has 0 amide bonds. The summed E-state index contributed by atoms with van der Waals surface area (Å²) in [5.74, 6) is 2.66. The van der Waals surface area contributed by atoms with Crippen LogP contribution < -0.4 is 0 Å². The van der Waals surface area contributed by atoms with Crippen LogP contribution in [0.4, 0.5) is 5.69 Å². The topological polar surface area (TPSA) is 66.4 Å². The first-order valence-electron chi connectivity index (χ1n) is 9.99. The molecule has 1 unspecified atom stereocenters. The van der Waals surface area contributed by atoms with E-state index in [9.17, 15) is 0 Å². The summed E-state index contributed by atoms with van der Waals surface area (Å²) < 4.78 is 5.66. The molecule has 2 fully saturated rings. The molecule has 1 saturated heterocycles. The monoisotopic (exact) mass is 365 g/mol. The highest BCUT2D eigenvalue weighted by Gasteiger charge is 2.52. The number of morpholine rings is 1. The Labute approximate surface area is 160 Å². The van der Waals surface area contributed by atoms with Gasteiger partial charge in [-0.3, -0.25) is 10.1 Å². The van der Waals surface area contributed by atoms with Crippen LogP contribution in [0.5, 0.6) is 0 Å². The van der Waals surface area contributed by atoms with Crippen LogP contribution in [0.15, 0.2) is 29.5 Å². The molecule has 0 bridgehead atoms. The first-order chi connectivity index (χ1) is 13.1. The summed E-state index contributed by atoms with van der Waals surface area (Å²) in [5.41, 5.74) is 4.28. The predicted molar refractivity (Wildman–Crippen MR) is 105 cm³/mol. The lowest BCUT2D eigenvalue weighted by Crippen LogP contribution is -2.50. The molecule has 6 nitrogen and oxygen atoms in total. The van der Waals surface area contributed by atoms with E-state index < -0.39 is 0 Å². The van der Waals surface area contributed by atoms with Gasteiger partial charge in [-0.05, 0) is 42.9 Å². The zero-order valence-electron chi connectivity index (χ0n) is 16.3. The number of hydrogen-bond donors (Lipinski definition) is 1. The standard InChI is InChI=1S/C21H27N5O/c1-13-10-16(13)21(3)11-18(26-8-9-27-12-14(26)2)24-19-15(21)4-6-22-20(19)17-5-7-23-25-17/h4-7,13-14,16H,8-12H2,1-3H3,(H,23,25)/t13-,14+,16-,21?/m0/s1. The molecule has 2 aromatic rings. The van der Waals surface area contributed by atoms with Gasteiger partial charge in [-0.15, -0.1) is 0 Å². The Morgan fingerprint density at radius 1 is 1.26 bits per heavy atom. The van der Waals surface area contributed by atoms with Crippen molar-refractivity contribution in [3.05, 3.63) is 30.1 Å². The zero-order valence-corrected chi connectivity index (χ0v) is 16.3. The van der Waals surface area contributed by atoms with E-state index >= 15 is 0 Å². The Morgan fingerprint density at radius 3 is 2.81 bits per heavy atom. The highest BCUT2D eigenvalue weighted by molar-refractivity contribution is 5.92. The largest absolute Gasteiger partial charge is 0.377 e. The minimum Gasteiger partial charge on any atom is -0.377 e. The second-order valence-corrected chi connectivity index (χ2v) is 8.59. The number of rotatable bonds is 2. The lowest BCUT2D eigenvalue weighted by atomic mass is 9.71. The third-order valence-electron chi connectivity index (χ3n) is 6.69. The second kappa shape index (κ2) is 6.16. The van der Waals surface area contributed by atoms with Crippen LogP contribution in [-0.2, 0) is 10.2 Å². The van der Waals surface area contributed by atoms with E-state index in [1.807, 2.05) is 12.3 Å². The van der Waals surface area contributed by atoms with E-state index in [4.69, 9.17) is 9.73 Å². The number of amidine groups is 1. The van der Waals surface area contributed by atoms with Gasteiger partial charge in [0.25, 0.3) is 0 Å². The Bertz CT molecular complexity index is 877. The van der Waals surface area contributed by atoms with Gasteiger partial charge in [-0.25, -0.2) is 4.99 Å². The Hall–Kier alpha value is -2.21. The van der Waals surface area contributed by atoms with E-state index in [-0.39, 0.29) is 5.41 Å². The molecule has 0 aromatic carbocycles. The SMILES string of the molecule is C[C@@H]1COCCN1C1=Nc2c(ccnc2-c2ccn[nH]2)C(C)([C@H]2C[C@@H]2C)C1. The van der Waals surface area contributed by atoms with Crippen LogP contribution >= 0.6 is 0 Å². The van der Waals surface area contributed by atoms with Crippen molar-refractivity contribution >= 4 is 11.5 Å². The van der Waals surface area contributed by atoms with E-state index in [1.165, 1.54) is 17.8 Å². The van der Waals surface area contributed by atoms with Crippen molar-refractivity contribution in [2.75, 3.05) is 19.8 Å². The summed E-state index contributed by atoms with van der Waals surface area (Å²) >= 11 is 0. The summed E-state index contributed by atoms with van der Waals surface area (Å²) in [4.78, 5) is 12.3. The number of aliphatic imine (C=N–C) groups is 1. The van der Waals surface area contributed by atoms with Gasteiger partial charge in [-0.2, -0.15) is 5.10 Å². The van der Waals surface area contributed by atoms with E-state index in [1.54, 1.807) is 6.20 Å². The second-order valence-electron chi connectivity index (χ2n) is 8.59. The highest BCUT2D eigenvalue weighted by Crippen LogP contribution is 2.58. The molecule has 4 heterocycles. The van der Waals surface area contributed by atoms with Gasteiger partial charge in [0, 0.05) is 30.8 Å². The fourth-order valence-electron chi connectivity index (χ4n) is 5.02. The minimum atomic E-state index is 0.0988. The number of hydrogen-bond acceptors (Lipinski definition) is 5. The molecule has 0 spiro atoms. The molecule has 6 heteroatoms. The maximum atomic E-state index is 5.66. The van der Waals surface area contributed by atoms with Crippen LogP contribution in [0.2, 0.25) is 0 Å². The Balaban J connectivity index is 1.66. The number of nitrogens with zero attached hydrogens (tertiary/aromatic N) is 4. The molecule has 142 valence electrons. The van der Waals surface area contributed by atoms with Gasteiger partial charge in [0.15, 0.2) is 0 Å². The Morgan fingerprint density at radius 2 is 2.11 bits per heavy atom. The van der Waals surface area contributed by atoms with Gasteiger partial charge in [0.1, 0.15) is 11.5 Å². The smallest absolute Gasteiger partial charge is 0.114 e. The van der Waals surface area contributed by atoms with Gasteiger partial charge < -0.3 is 9.64 Å². The quantitative estimate of drug-likeness (QED) is 0.884. The number of fused-ring (bicyclic) bond motifs is 1. The van der Waals surface area contributed by atoms with Crippen molar-refractivity contribution in [3.63, 3.8) is 0 Å². The van der Waals surface area contributed by atoms with E-state index in [0.717, 1.165) is 49.2 Å². The molecule has 2 aromatic heterocycles. The number of aromatic amines is 1. The van der Waals surface area contributed by atoms with Crippen molar-refractivity contribution < 1.29 is 4.74 Å². The lowest BCUT2D eigenvalue weighted by molar-refractivity contribution is 0.0314. The summed E-state index contributed by atoms with van der Waals surface area (Å²) in [6.45, 7) is 9.47. The van der Waals surface area contributed by atoms with Crippen LogP contribution in [0.3, 0.4) is 0 Å². The van der Waals surface area contributed by atoms with Gasteiger partial charge in [-0.1, -0.05) is 13.8 Å². The maximum absolute atomic E-state index is 5.66. The fraction of sp³-hybridized carbons (Fsp3) is 0.571. The average Bonchev–Trinajstić information content (AvgIpc) is 3.18. The molecular weight excluding hydrogens is 338 g/mol. The molecular formula is C21H27N5O. The Kier molecular flexibility index (Phi) is 3.86. The fourth-order valence-corrected chi connectivity index (χ4v) is 5.02. The normalized spacial score (nSPS) is 32.8. The summed E-state index contributed by atoms with van der Waals surface area (Å²) in [6.07, 6.45) is 5.99. The first kappa shape index (κ1) is 16.9. The molecule has 4 atom stereocenters. The number of nitrogens with one attached hydrogen (secondary N) is 1. The predicted octanol–water partition coefficient (Wildman–Crippen LogP) is 3.54. The highest BCUT2D eigenvalue weighted by atomic mass is 16.5. The number of ether oxygens (including phenoxy) is 1. The van der Waals surface area contributed by atoms with Crippen molar-refractivity contribution in [1.82, 2.24) is 20.1 Å². The molecule has 5 rings (SSSR count). The van der Waals surface area contributed by atoms with Crippen molar-refractivity contribution in [1.29, 1.82) is 0 Å². The van der Waals surface area contributed by atoms with Crippen molar-refractivity contribution in [2.24, 2.45) is 16.8 Å².